The highest BCUT2D eigenvalue weighted by molar-refractivity contribution is 8.00. The highest BCUT2D eigenvalue weighted by Gasteiger charge is 2.51. The second kappa shape index (κ2) is 4.17. The van der Waals surface area contributed by atoms with Crippen molar-refractivity contribution in [2.24, 2.45) is 0 Å². The van der Waals surface area contributed by atoms with Crippen LogP contribution in [-0.2, 0) is 9.31 Å². The second-order valence-corrected chi connectivity index (χ2v) is 7.63. The summed E-state index contributed by atoms with van der Waals surface area (Å²) in [4.78, 5) is 1.30. The van der Waals surface area contributed by atoms with E-state index in [-0.39, 0.29) is 18.3 Å². The monoisotopic (exact) mass is 277 g/mol. The number of fused-ring (bicyclic) bond motifs is 1. The first-order valence-corrected chi connectivity index (χ1v) is 7.59. The van der Waals surface area contributed by atoms with Gasteiger partial charge in [-0.3, -0.25) is 0 Å². The van der Waals surface area contributed by atoms with E-state index in [0.717, 1.165) is 5.46 Å². The van der Waals surface area contributed by atoms with Gasteiger partial charge in [0.1, 0.15) is 0 Å². The Morgan fingerprint density at radius 1 is 1.16 bits per heavy atom. The molecule has 1 unspecified atom stereocenters. The van der Waals surface area contributed by atoms with E-state index in [9.17, 15) is 0 Å². The van der Waals surface area contributed by atoms with Crippen LogP contribution in [0.25, 0.3) is 0 Å². The Morgan fingerprint density at radius 2 is 1.79 bits per heavy atom. The summed E-state index contributed by atoms with van der Waals surface area (Å²) in [5.41, 5.74) is 1.70. The third-order valence-corrected chi connectivity index (χ3v) is 5.27. The molecule has 19 heavy (non-hydrogen) atoms. The van der Waals surface area contributed by atoms with Gasteiger partial charge in [0.25, 0.3) is 0 Å². The number of nitrogens with one attached hydrogen (secondary N) is 1. The lowest BCUT2D eigenvalue weighted by molar-refractivity contribution is 0.00578. The Hall–Kier alpha value is -0.645. The molecule has 3 rings (SSSR count). The van der Waals surface area contributed by atoms with Gasteiger partial charge in [0.05, 0.1) is 16.6 Å². The van der Waals surface area contributed by atoms with E-state index in [4.69, 9.17) is 9.31 Å². The summed E-state index contributed by atoms with van der Waals surface area (Å²) < 4.78 is 12.2. The minimum atomic E-state index is -0.286. The maximum Gasteiger partial charge on any atom is 0.494 e. The molecule has 2 heterocycles. The maximum absolute atomic E-state index is 6.08. The second-order valence-electron chi connectivity index (χ2n) is 6.25. The van der Waals surface area contributed by atoms with Crippen LogP contribution in [-0.4, -0.2) is 23.7 Å². The van der Waals surface area contributed by atoms with Gasteiger partial charge in [-0.1, -0.05) is 17.8 Å². The van der Waals surface area contributed by atoms with E-state index in [0.29, 0.717) is 5.37 Å². The smallest absolute Gasteiger partial charge is 0.399 e. The van der Waals surface area contributed by atoms with Crippen LogP contribution in [0.4, 0.5) is 5.69 Å². The fraction of sp³-hybridized carbons (Fsp3) is 0.571. The molecule has 1 aromatic rings. The van der Waals surface area contributed by atoms with Crippen molar-refractivity contribution in [3.63, 3.8) is 0 Å². The zero-order valence-electron chi connectivity index (χ0n) is 12.1. The molecule has 0 saturated carbocycles. The number of thioether (sulfide) groups is 1. The Balaban J connectivity index is 1.88. The summed E-state index contributed by atoms with van der Waals surface area (Å²) in [6.07, 6.45) is 0. The van der Waals surface area contributed by atoms with Gasteiger partial charge < -0.3 is 14.6 Å². The van der Waals surface area contributed by atoms with Gasteiger partial charge in [-0.2, -0.15) is 0 Å². The van der Waals surface area contributed by atoms with Crippen molar-refractivity contribution in [3.8, 4) is 0 Å². The van der Waals surface area contributed by atoms with Crippen molar-refractivity contribution in [2.45, 2.75) is 56.1 Å². The third kappa shape index (κ3) is 2.18. The minimum absolute atomic E-state index is 0.280. The van der Waals surface area contributed by atoms with Crippen molar-refractivity contribution in [3.05, 3.63) is 18.2 Å². The van der Waals surface area contributed by atoms with Crippen LogP contribution in [0, 0.1) is 0 Å². The maximum atomic E-state index is 6.08. The van der Waals surface area contributed by atoms with E-state index in [1.807, 2.05) is 11.8 Å². The van der Waals surface area contributed by atoms with E-state index in [1.54, 1.807) is 0 Å². The Morgan fingerprint density at radius 3 is 2.42 bits per heavy atom. The molecule has 0 radical (unpaired) electrons. The van der Waals surface area contributed by atoms with Gasteiger partial charge in [-0.15, -0.1) is 0 Å². The lowest BCUT2D eigenvalue weighted by atomic mass is 9.79. The molecule has 3 nitrogen and oxygen atoms in total. The zero-order valence-corrected chi connectivity index (χ0v) is 12.9. The van der Waals surface area contributed by atoms with Crippen LogP contribution in [0.3, 0.4) is 0 Å². The minimum Gasteiger partial charge on any atom is -0.399 e. The van der Waals surface area contributed by atoms with Gasteiger partial charge in [-0.25, -0.2) is 0 Å². The van der Waals surface area contributed by atoms with Gasteiger partial charge in [0, 0.05) is 10.6 Å². The highest BCUT2D eigenvalue weighted by Crippen LogP contribution is 2.39. The standard InChI is InChI=1S/C14H20BNO2S/c1-9-16-11-8-10(6-7-12(11)19-9)15-17-13(2,3)14(4,5)18-15/h6-9,16H,1-5H3. The van der Waals surface area contributed by atoms with Crippen LogP contribution in [0.2, 0.25) is 0 Å². The van der Waals surface area contributed by atoms with E-state index in [2.05, 4.69) is 58.1 Å². The fourth-order valence-corrected chi connectivity index (χ4v) is 3.29. The topological polar surface area (TPSA) is 30.5 Å². The Kier molecular flexibility index (Phi) is 2.93. The van der Waals surface area contributed by atoms with Crippen LogP contribution >= 0.6 is 11.8 Å². The first-order valence-electron chi connectivity index (χ1n) is 6.71. The molecule has 0 aromatic heterocycles. The fourth-order valence-electron chi connectivity index (χ4n) is 2.33. The molecule has 5 heteroatoms. The number of hydrogen-bond acceptors (Lipinski definition) is 4. The van der Waals surface area contributed by atoms with Crippen molar-refractivity contribution in [1.29, 1.82) is 0 Å². The van der Waals surface area contributed by atoms with Crippen molar-refractivity contribution in [2.75, 3.05) is 5.32 Å². The summed E-state index contributed by atoms with van der Waals surface area (Å²) in [6, 6.07) is 6.40. The van der Waals surface area contributed by atoms with E-state index in [1.165, 1.54) is 10.6 Å². The normalized spacial score (nSPS) is 27.2. The van der Waals surface area contributed by atoms with Gasteiger partial charge in [-0.05, 0) is 52.2 Å². The van der Waals surface area contributed by atoms with Gasteiger partial charge in [0.15, 0.2) is 0 Å². The summed E-state index contributed by atoms with van der Waals surface area (Å²) in [7, 11) is -0.280. The number of rotatable bonds is 1. The molecule has 1 aromatic carbocycles. The Labute approximate surface area is 119 Å². The Bertz CT molecular complexity index is 502. The number of benzene rings is 1. The molecule has 102 valence electrons. The molecular formula is C14H20BNO2S. The van der Waals surface area contributed by atoms with Crippen molar-refractivity contribution >= 4 is 30.0 Å². The van der Waals surface area contributed by atoms with Crippen LogP contribution in [0.5, 0.6) is 0 Å². The predicted octanol–water partition coefficient (Wildman–Crippen LogP) is 2.85. The summed E-state index contributed by atoms with van der Waals surface area (Å²) in [5, 5.41) is 3.89. The van der Waals surface area contributed by atoms with Crippen molar-refractivity contribution in [1.82, 2.24) is 0 Å². The zero-order chi connectivity index (χ0) is 13.8. The lowest BCUT2D eigenvalue weighted by Crippen LogP contribution is -2.41. The predicted molar refractivity (Wildman–Crippen MR) is 81.1 cm³/mol. The molecule has 1 N–H and O–H groups in total. The quantitative estimate of drug-likeness (QED) is 0.800. The van der Waals surface area contributed by atoms with E-state index >= 15 is 0 Å². The average Bonchev–Trinajstić information content (AvgIpc) is 2.74. The number of hydrogen-bond donors (Lipinski definition) is 1. The average molecular weight is 277 g/mol. The highest BCUT2D eigenvalue weighted by atomic mass is 32.2. The van der Waals surface area contributed by atoms with Crippen LogP contribution < -0.4 is 10.8 Å². The first-order chi connectivity index (χ1) is 8.78. The largest absolute Gasteiger partial charge is 0.494 e. The number of anilines is 1. The molecule has 0 amide bonds. The molecule has 1 atom stereocenters. The molecule has 1 fully saturated rings. The molecule has 0 spiro atoms. The third-order valence-electron chi connectivity index (χ3n) is 4.19. The lowest BCUT2D eigenvalue weighted by Gasteiger charge is -2.32. The van der Waals surface area contributed by atoms with Crippen LogP contribution in [0.15, 0.2) is 23.1 Å². The van der Waals surface area contributed by atoms with E-state index < -0.39 is 0 Å². The molecular weight excluding hydrogens is 257 g/mol. The summed E-state index contributed by atoms with van der Waals surface area (Å²) >= 11 is 1.85. The molecule has 0 bridgehead atoms. The van der Waals surface area contributed by atoms with Gasteiger partial charge >= 0.3 is 7.12 Å². The van der Waals surface area contributed by atoms with Crippen LogP contribution in [0.1, 0.15) is 34.6 Å². The first kappa shape index (κ1) is 13.3. The SMILES string of the molecule is CC1Nc2cc(B3OC(C)(C)C(C)(C)O3)ccc2S1. The molecule has 2 aliphatic heterocycles. The summed E-state index contributed by atoms with van der Waals surface area (Å²) in [5.74, 6) is 0. The molecule has 2 aliphatic rings. The molecule has 1 saturated heterocycles. The molecule has 0 aliphatic carbocycles. The summed E-state index contributed by atoms with van der Waals surface area (Å²) in [6.45, 7) is 10.5. The van der Waals surface area contributed by atoms with Gasteiger partial charge in [0.2, 0.25) is 0 Å². The van der Waals surface area contributed by atoms with Crippen molar-refractivity contribution < 1.29 is 9.31 Å².